The zero-order chi connectivity index (χ0) is 17.2. The molecule has 1 aromatic carbocycles. The molecule has 0 spiro atoms. The number of aryl methyl sites for hydroxylation is 1. The number of fused-ring (bicyclic) bond motifs is 1. The first kappa shape index (κ1) is 19.1. The molecule has 1 heterocycles. The van der Waals surface area contributed by atoms with Crippen LogP contribution in [0, 0.1) is 0 Å². The predicted octanol–water partition coefficient (Wildman–Crippen LogP) is 4.06. The highest BCUT2D eigenvalue weighted by Crippen LogP contribution is 2.26. The second-order valence-electron chi connectivity index (χ2n) is 6.33. The van der Waals surface area contributed by atoms with Crippen LogP contribution in [0.25, 0.3) is 0 Å². The molecule has 1 N–H and O–H groups in total. The van der Waals surface area contributed by atoms with Crippen LogP contribution in [0.15, 0.2) is 18.2 Å². The summed E-state index contributed by atoms with van der Waals surface area (Å²) in [5, 5.41) is 2.87. The van der Waals surface area contributed by atoms with E-state index in [-0.39, 0.29) is 5.91 Å². The Bertz CT molecular complexity index is 521. The monoisotopic (exact) mass is 351 g/mol. The van der Waals surface area contributed by atoms with Gasteiger partial charge in [-0.15, -0.1) is 0 Å². The van der Waals surface area contributed by atoms with E-state index < -0.39 is 11.2 Å². The number of rotatable bonds is 11. The number of amides is 1. The molecule has 1 atom stereocenters. The number of ether oxygens (including phenoxy) is 1. The fourth-order valence-electron chi connectivity index (χ4n) is 2.80. The van der Waals surface area contributed by atoms with Crippen molar-refractivity contribution in [2.24, 2.45) is 0 Å². The van der Waals surface area contributed by atoms with Gasteiger partial charge in [0.1, 0.15) is 17.3 Å². The number of nitrogens with one attached hydrogen (secondary N) is 1. The number of carbonyl (C=O) groups excluding carboxylic acids is 1. The van der Waals surface area contributed by atoms with Gasteiger partial charge in [-0.05, 0) is 55.9 Å². The number of benzene rings is 1. The molecule has 0 bridgehead atoms. The van der Waals surface area contributed by atoms with Crippen LogP contribution >= 0.6 is 0 Å². The summed E-state index contributed by atoms with van der Waals surface area (Å²) in [4.78, 5) is 11.3. The molecular weight excluding hydrogens is 322 g/mol. The maximum absolute atomic E-state index is 11.9. The molecule has 1 amide bonds. The summed E-state index contributed by atoms with van der Waals surface area (Å²) < 4.78 is 17.6. The number of hydrogen-bond acceptors (Lipinski definition) is 3. The van der Waals surface area contributed by atoms with E-state index in [1.165, 1.54) is 19.3 Å². The Kier molecular flexibility index (Phi) is 8.47. The van der Waals surface area contributed by atoms with Gasteiger partial charge in [0.15, 0.2) is 0 Å². The van der Waals surface area contributed by atoms with Crippen molar-refractivity contribution in [3.63, 3.8) is 0 Å². The average Bonchev–Trinajstić information content (AvgIpc) is 2.58. The first-order chi connectivity index (χ1) is 11.7. The number of anilines is 1. The topological polar surface area (TPSA) is 61.4 Å². The summed E-state index contributed by atoms with van der Waals surface area (Å²) in [7, 11) is 0. The van der Waals surface area contributed by atoms with Crippen molar-refractivity contribution in [3.8, 4) is 5.75 Å². The Balaban J connectivity index is 1.58. The lowest BCUT2D eigenvalue weighted by Gasteiger charge is -2.17. The van der Waals surface area contributed by atoms with E-state index in [2.05, 4.69) is 12.2 Å². The lowest BCUT2D eigenvalue weighted by atomic mass is 10.0. The van der Waals surface area contributed by atoms with Crippen molar-refractivity contribution < 1.29 is 14.1 Å². The lowest BCUT2D eigenvalue weighted by Crippen LogP contribution is -2.18. The van der Waals surface area contributed by atoms with Crippen molar-refractivity contribution in [1.29, 1.82) is 0 Å². The van der Waals surface area contributed by atoms with E-state index >= 15 is 0 Å². The standard InChI is InChI=1S/C19H29NO3S/c1-2-3-4-6-13-24(22)14-7-5-12-23-17-9-10-18-16(15-17)8-11-19(21)20-18/h9-10,15H,2-8,11-14H2,1H3,(H,20,21). The van der Waals surface area contributed by atoms with Crippen LogP contribution in [0.1, 0.15) is 57.4 Å². The quantitative estimate of drug-likeness (QED) is 0.483. The minimum atomic E-state index is -0.672. The Morgan fingerprint density at radius 3 is 2.71 bits per heavy atom. The maximum atomic E-state index is 11.9. The van der Waals surface area contributed by atoms with Crippen molar-refractivity contribution in [1.82, 2.24) is 0 Å². The number of carbonyl (C=O) groups is 1. The molecule has 0 radical (unpaired) electrons. The van der Waals surface area contributed by atoms with Gasteiger partial charge in [0.2, 0.25) is 5.91 Å². The van der Waals surface area contributed by atoms with Crippen molar-refractivity contribution in [3.05, 3.63) is 23.8 Å². The molecule has 134 valence electrons. The van der Waals surface area contributed by atoms with E-state index in [1.807, 2.05) is 18.2 Å². The molecule has 0 saturated carbocycles. The molecule has 0 aliphatic carbocycles. The van der Waals surface area contributed by atoms with Crippen LogP contribution in [-0.2, 0) is 22.4 Å². The van der Waals surface area contributed by atoms with Crippen LogP contribution in [-0.4, -0.2) is 28.6 Å². The van der Waals surface area contributed by atoms with E-state index in [1.54, 1.807) is 0 Å². The maximum Gasteiger partial charge on any atom is 0.224 e. The summed E-state index contributed by atoms with van der Waals surface area (Å²) in [6.07, 6.45) is 7.94. The van der Waals surface area contributed by atoms with Gasteiger partial charge in [-0.1, -0.05) is 30.9 Å². The summed E-state index contributed by atoms with van der Waals surface area (Å²) >= 11 is -0.672. The average molecular weight is 352 g/mol. The predicted molar refractivity (Wildman–Crippen MR) is 100 cm³/mol. The number of hydrogen-bond donors (Lipinski definition) is 1. The Morgan fingerprint density at radius 2 is 1.92 bits per heavy atom. The largest absolute Gasteiger partial charge is 0.616 e. The van der Waals surface area contributed by atoms with Crippen LogP contribution in [0.2, 0.25) is 0 Å². The summed E-state index contributed by atoms with van der Waals surface area (Å²) in [5.74, 6) is 2.56. The van der Waals surface area contributed by atoms with Crippen LogP contribution < -0.4 is 10.1 Å². The minimum Gasteiger partial charge on any atom is -0.616 e. The third kappa shape index (κ3) is 6.73. The third-order valence-corrected chi connectivity index (χ3v) is 5.72. The first-order valence-corrected chi connectivity index (χ1v) is 10.6. The van der Waals surface area contributed by atoms with Crippen molar-refractivity contribution in [2.75, 3.05) is 23.4 Å². The molecular formula is C19H29NO3S. The highest BCUT2D eigenvalue weighted by Gasteiger charge is 2.15. The first-order valence-electron chi connectivity index (χ1n) is 9.09. The van der Waals surface area contributed by atoms with E-state index in [0.717, 1.165) is 54.2 Å². The van der Waals surface area contributed by atoms with Crippen LogP contribution in [0.4, 0.5) is 5.69 Å². The summed E-state index contributed by atoms with van der Waals surface area (Å²) in [6.45, 7) is 2.84. The third-order valence-electron chi connectivity index (χ3n) is 4.23. The van der Waals surface area contributed by atoms with Gasteiger partial charge in [0.05, 0.1) is 6.61 Å². The Hall–Kier alpha value is -1.20. The minimum absolute atomic E-state index is 0.0823. The molecule has 1 aliphatic heterocycles. The summed E-state index contributed by atoms with van der Waals surface area (Å²) in [6, 6.07) is 5.82. The van der Waals surface area contributed by atoms with Gasteiger partial charge < -0.3 is 14.6 Å². The Morgan fingerprint density at radius 1 is 1.12 bits per heavy atom. The molecule has 5 heteroatoms. The molecule has 1 aromatic rings. The van der Waals surface area contributed by atoms with E-state index in [9.17, 15) is 9.35 Å². The van der Waals surface area contributed by atoms with Crippen LogP contribution in [0.3, 0.4) is 0 Å². The molecule has 0 saturated heterocycles. The highest BCUT2D eigenvalue weighted by molar-refractivity contribution is 7.91. The second kappa shape index (κ2) is 10.6. The van der Waals surface area contributed by atoms with Gasteiger partial charge in [-0.3, -0.25) is 4.79 Å². The lowest BCUT2D eigenvalue weighted by molar-refractivity contribution is -0.116. The molecule has 0 aromatic heterocycles. The van der Waals surface area contributed by atoms with Gasteiger partial charge in [-0.2, -0.15) is 0 Å². The smallest absolute Gasteiger partial charge is 0.224 e. The van der Waals surface area contributed by atoms with Gasteiger partial charge in [-0.25, -0.2) is 0 Å². The van der Waals surface area contributed by atoms with Gasteiger partial charge in [0.25, 0.3) is 0 Å². The zero-order valence-electron chi connectivity index (χ0n) is 14.6. The zero-order valence-corrected chi connectivity index (χ0v) is 15.5. The Labute approximate surface area is 148 Å². The fraction of sp³-hybridized carbons (Fsp3) is 0.632. The van der Waals surface area contributed by atoms with E-state index in [4.69, 9.17) is 4.74 Å². The molecule has 2 rings (SSSR count). The van der Waals surface area contributed by atoms with Crippen molar-refractivity contribution in [2.45, 2.75) is 58.3 Å². The fourth-order valence-corrected chi connectivity index (χ4v) is 4.05. The molecule has 1 unspecified atom stereocenters. The van der Waals surface area contributed by atoms with Crippen molar-refractivity contribution >= 4 is 22.8 Å². The number of unbranched alkanes of at least 4 members (excludes halogenated alkanes) is 4. The molecule has 4 nitrogen and oxygen atoms in total. The van der Waals surface area contributed by atoms with E-state index in [0.29, 0.717) is 13.0 Å². The molecule has 1 aliphatic rings. The summed E-state index contributed by atoms with van der Waals surface area (Å²) in [5.41, 5.74) is 2.04. The molecule has 0 fully saturated rings. The molecule has 24 heavy (non-hydrogen) atoms. The normalized spacial score (nSPS) is 14.8. The van der Waals surface area contributed by atoms with Crippen LogP contribution in [0.5, 0.6) is 5.75 Å². The second-order valence-corrected chi connectivity index (χ2v) is 8.03. The highest BCUT2D eigenvalue weighted by atomic mass is 32.2. The van der Waals surface area contributed by atoms with Gasteiger partial charge in [0, 0.05) is 12.1 Å². The SMILES string of the molecule is CCCCCC[S+]([O-])CCCCOc1ccc2c(c1)CCC(=O)N2. The van der Waals surface area contributed by atoms with Gasteiger partial charge >= 0.3 is 0 Å².